The van der Waals surface area contributed by atoms with E-state index in [0.717, 1.165) is 0 Å². The molecule has 2 unspecified atom stereocenters. The molecule has 1 rings (SSSR count). The van der Waals surface area contributed by atoms with Gasteiger partial charge >= 0.3 is 5.97 Å². The molecule has 0 aromatic carbocycles. The number of nitro groups is 1. The van der Waals surface area contributed by atoms with Crippen LogP contribution >= 0.6 is 11.6 Å². The Labute approximate surface area is 86.5 Å². The largest absolute Gasteiger partial charge is 0.452 e. The number of esters is 1. The van der Waals surface area contributed by atoms with E-state index in [-0.39, 0.29) is 6.42 Å². The molecule has 2 atom stereocenters. The van der Waals surface area contributed by atoms with Crippen molar-refractivity contribution in [2.24, 2.45) is 0 Å². The third kappa shape index (κ3) is 2.15. The van der Waals surface area contributed by atoms with Crippen LogP contribution in [0.2, 0.25) is 0 Å². The summed E-state index contributed by atoms with van der Waals surface area (Å²) in [5, 5.41) is 10.7. The van der Waals surface area contributed by atoms with E-state index >= 15 is 0 Å². The molecule has 14 heavy (non-hydrogen) atoms. The van der Waals surface area contributed by atoms with Crippen LogP contribution < -0.4 is 0 Å². The molecule has 1 aliphatic heterocycles. The molecule has 1 heterocycles. The van der Waals surface area contributed by atoms with Crippen molar-refractivity contribution in [2.45, 2.75) is 37.8 Å². The lowest BCUT2D eigenvalue weighted by atomic mass is 9.92. The van der Waals surface area contributed by atoms with Gasteiger partial charge in [-0.1, -0.05) is 0 Å². The second kappa shape index (κ2) is 4.13. The van der Waals surface area contributed by atoms with E-state index in [2.05, 4.69) is 0 Å². The molecule has 0 saturated carbocycles. The summed E-state index contributed by atoms with van der Waals surface area (Å²) in [7, 11) is 0. The van der Waals surface area contributed by atoms with Gasteiger partial charge in [-0.25, -0.2) is 0 Å². The average Bonchev–Trinajstić information content (AvgIpc) is 2.39. The molecule has 0 amide bonds. The Morgan fingerprint density at radius 2 is 2.43 bits per heavy atom. The van der Waals surface area contributed by atoms with Crippen molar-refractivity contribution in [3.63, 3.8) is 0 Å². The molecule has 1 fully saturated rings. The Balaban J connectivity index is 2.72. The Hall–Kier alpha value is -0.840. The monoisotopic (exact) mass is 221 g/mol. The van der Waals surface area contributed by atoms with E-state index in [0.29, 0.717) is 18.7 Å². The van der Waals surface area contributed by atoms with Crippen molar-refractivity contribution < 1.29 is 14.5 Å². The number of rotatable bonds is 4. The summed E-state index contributed by atoms with van der Waals surface area (Å²) >= 11 is 5.50. The van der Waals surface area contributed by atoms with Gasteiger partial charge in [0.2, 0.25) is 0 Å². The number of nitrogens with zero attached hydrogens (tertiary/aromatic N) is 1. The van der Waals surface area contributed by atoms with Gasteiger partial charge in [0, 0.05) is 10.8 Å². The normalized spacial score (nSPS) is 31.6. The Bertz CT molecular complexity index is 258. The van der Waals surface area contributed by atoms with Gasteiger partial charge in [-0.3, -0.25) is 14.9 Å². The number of carbonyl (C=O) groups excluding carboxylic acids is 1. The van der Waals surface area contributed by atoms with E-state index in [1.54, 1.807) is 6.92 Å². The highest BCUT2D eigenvalue weighted by atomic mass is 35.5. The standard InChI is InChI=1S/C8H12ClNO4/c1-8(3-2-4-9)6(10(12)13)5-7(11)14-8/h6H,2-5H2,1H3. The van der Waals surface area contributed by atoms with Gasteiger partial charge in [0.25, 0.3) is 6.04 Å². The van der Waals surface area contributed by atoms with Crippen molar-refractivity contribution in [3.05, 3.63) is 10.1 Å². The zero-order valence-corrected chi connectivity index (χ0v) is 8.62. The number of alkyl halides is 1. The minimum Gasteiger partial charge on any atom is -0.452 e. The molecule has 0 aromatic heterocycles. The van der Waals surface area contributed by atoms with Gasteiger partial charge in [0.1, 0.15) is 6.42 Å². The van der Waals surface area contributed by atoms with Crippen molar-refractivity contribution in [1.82, 2.24) is 0 Å². The van der Waals surface area contributed by atoms with Gasteiger partial charge < -0.3 is 4.74 Å². The predicted molar refractivity (Wildman–Crippen MR) is 49.9 cm³/mol. The minimum atomic E-state index is -0.977. The molecule has 1 aliphatic rings. The maximum absolute atomic E-state index is 11.0. The van der Waals surface area contributed by atoms with Crippen LogP contribution in [-0.2, 0) is 9.53 Å². The molecule has 0 aromatic rings. The predicted octanol–water partition coefficient (Wildman–Crippen LogP) is 1.36. The molecule has 6 heteroatoms. The van der Waals surface area contributed by atoms with E-state index in [4.69, 9.17) is 16.3 Å². The third-order valence-corrected chi connectivity index (χ3v) is 2.74. The first-order valence-corrected chi connectivity index (χ1v) is 4.94. The Kier molecular flexibility index (Phi) is 3.31. The number of ether oxygens (including phenoxy) is 1. The SMILES string of the molecule is CC1(CCCCl)OC(=O)CC1[N+](=O)[O-]. The quantitative estimate of drug-likeness (QED) is 0.311. The Morgan fingerprint density at radius 3 is 2.93 bits per heavy atom. The number of halogens is 1. The fraction of sp³-hybridized carbons (Fsp3) is 0.875. The van der Waals surface area contributed by atoms with Crippen LogP contribution in [0.15, 0.2) is 0 Å². The minimum absolute atomic E-state index is 0.133. The number of hydrogen-bond acceptors (Lipinski definition) is 4. The topological polar surface area (TPSA) is 69.4 Å². The van der Waals surface area contributed by atoms with Crippen LogP contribution in [0.4, 0.5) is 0 Å². The lowest BCUT2D eigenvalue weighted by molar-refractivity contribution is -0.536. The highest BCUT2D eigenvalue weighted by molar-refractivity contribution is 6.17. The zero-order chi connectivity index (χ0) is 10.8. The summed E-state index contributed by atoms with van der Waals surface area (Å²) in [5.41, 5.74) is -0.977. The van der Waals surface area contributed by atoms with Gasteiger partial charge in [0.15, 0.2) is 5.60 Å². The van der Waals surface area contributed by atoms with Crippen LogP contribution in [-0.4, -0.2) is 28.4 Å². The summed E-state index contributed by atoms with van der Waals surface area (Å²) in [6, 6.07) is -0.932. The molecular weight excluding hydrogens is 210 g/mol. The van der Waals surface area contributed by atoms with Crippen molar-refractivity contribution in [3.8, 4) is 0 Å². The van der Waals surface area contributed by atoms with E-state index in [9.17, 15) is 14.9 Å². The molecule has 0 bridgehead atoms. The fourth-order valence-electron chi connectivity index (χ4n) is 1.68. The smallest absolute Gasteiger partial charge is 0.313 e. The third-order valence-electron chi connectivity index (χ3n) is 2.47. The molecule has 0 spiro atoms. The van der Waals surface area contributed by atoms with Crippen LogP contribution in [0.1, 0.15) is 26.2 Å². The fourth-order valence-corrected chi connectivity index (χ4v) is 1.81. The zero-order valence-electron chi connectivity index (χ0n) is 7.86. The molecule has 1 saturated heterocycles. The van der Waals surface area contributed by atoms with Gasteiger partial charge in [-0.2, -0.15) is 0 Å². The summed E-state index contributed by atoms with van der Waals surface area (Å²) in [5.74, 6) is -0.0822. The second-order valence-electron chi connectivity index (χ2n) is 3.58. The maximum atomic E-state index is 11.0. The first-order chi connectivity index (χ1) is 6.49. The van der Waals surface area contributed by atoms with Crippen molar-refractivity contribution in [2.75, 3.05) is 5.88 Å². The van der Waals surface area contributed by atoms with Crippen molar-refractivity contribution in [1.29, 1.82) is 0 Å². The highest BCUT2D eigenvalue weighted by Crippen LogP contribution is 2.33. The second-order valence-corrected chi connectivity index (χ2v) is 3.96. The summed E-state index contributed by atoms with van der Waals surface area (Å²) < 4.78 is 4.99. The Morgan fingerprint density at radius 1 is 1.79 bits per heavy atom. The first-order valence-electron chi connectivity index (χ1n) is 4.41. The molecule has 0 aliphatic carbocycles. The highest BCUT2D eigenvalue weighted by Gasteiger charge is 2.53. The maximum Gasteiger partial charge on any atom is 0.313 e. The van der Waals surface area contributed by atoms with Crippen LogP contribution in [0.25, 0.3) is 0 Å². The lowest BCUT2D eigenvalue weighted by Gasteiger charge is -2.23. The van der Waals surface area contributed by atoms with Crippen LogP contribution in [0.3, 0.4) is 0 Å². The van der Waals surface area contributed by atoms with E-state index in [1.807, 2.05) is 0 Å². The van der Waals surface area contributed by atoms with Crippen LogP contribution in [0.5, 0.6) is 0 Å². The molecular formula is C8H12ClNO4. The van der Waals surface area contributed by atoms with Gasteiger partial charge in [-0.05, 0) is 19.8 Å². The number of hydrogen-bond donors (Lipinski definition) is 0. The van der Waals surface area contributed by atoms with E-state index in [1.165, 1.54) is 0 Å². The lowest BCUT2D eigenvalue weighted by Crippen LogP contribution is -2.41. The molecule has 80 valence electrons. The molecule has 0 radical (unpaired) electrons. The summed E-state index contributed by atoms with van der Waals surface area (Å²) in [6.07, 6.45) is 0.912. The number of carbonyl (C=O) groups is 1. The van der Waals surface area contributed by atoms with Gasteiger partial charge in [0.05, 0.1) is 0 Å². The van der Waals surface area contributed by atoms with Crippen LogP contribution in [0, 0.1) is 10.1 Å². The summed E-state index contributed by atoms with van der Waals surface area (Å²) in [4.78, 5) is 21.2. The van der Waals surface area contributed by atoms with Crippen molar-refractivity contribution >= 4 is 17.6 Å². The van der Waals surface area contributed by atoms with E-state index < -0.39 is 22.5 Å². The molecule has 0 N–H and O–H groups in total. The summed E-state index contributed by atoms with van der Waals surface area (Å²) in [6.45, 7) is 1.60. The first kappa shape index (κ1) is 11.2. The number of cyclic esters (lactones) is 1. The van der Waals surface area contributed by atoms with Gasteiger partial charge in [-0.15, -0.1) is 11.6 Å². The average molecular weight is 222 g/mol. The molecule has 5 nitrogen and oxygen atoms in total.